The largest absolute Gasteiger partial charge is 0.493 e. The van der Waals surface area contributed by atoms with Crippen molar-refractivity contribution in [2.75, 3.05) is 58.5 Å². The molecule has 1 saturated heterocycles. The number of nitriles is 1. The number of thiophene rings is 1. The van der Waals surface area contributed by atoms with E-state index >= 15 is 0 Å². The number of piperazine rings is 1. The average molecular weight is 400 g/mol. The van der Waals surface area contributed by atoms with E-state index in [1.807, 2.05) is 24.3 Å². The maximum Gasteiger partial charge on any atom is 0.161 e. The van der Waals surface area contributed by atoms with Crippen molar-refractivity contribution >= 4 is 28.0 Å². The fourth-order valence-corrected chi connectivity index (χ4v) is 4.25. The van der Waals surface area contributed by atoms with E-state index in [-0.39, 0.29) is 6.61 Å². The molecular formula is C21H25N3O3S. The minimum atomic E-state index is 0.209. The van der Waals surface area contributed by atoms with Crippen molar-refractivity contribution in [2.24, 2.45) is 0 Å². The van der Waals surface area contributed by atoms with Crippen molar-refractivity contribution in [3.05, 3.63) is 40.8 Å². The van der Waals surface area contributed by atoms with Crippen molar-refractivity contribution in [3.63, 3.8) is 0 Å². The Morgan fingerprint density at radius 2 is 1.89 bits per heavy atom. The van der Waals surface area contributed by atoms with Crippen LogP contribution >= 0.6 is 11.3 Å². The zero-order chi connectivity index (χ0) is 19.9. The van der Waals surface area contributed by atoms with Crippen molar-refractivity contribution in [3.8, 4) is 17.6 Å². The molecule has 0 bridgehead atoms. The number of hydrogen-bond donors (Lipinski definition) is 1. The third-order valence-electron chi connectivity index (χ3n) is 4.81. The van der Waals surface area contributed by atoms with E-state index in [0.29, 0.717) is 17.1 Å². The van der Waals surface area contributed by atoms with E-state index < -0.39 is 0 Å². The molecule has 3 rings (SSSR count). The summed E-state index contributed by atoms with van der Waals surface area (Å²) in [7, 11) is 3.18. The number of β-amino-alcohol motifs (C(OH)–C–C–N with tert-alkyl or cyclic N) is 1. The Labute approximate surface area is 169 Å². The van der Waals surface area contributed by atoms with Crippen LogP contribution in [-0.2, 0) is 0 Å². The minimum absolute atomic E-state index is 0.209. The van der Waals surface area contributed by atoms with Gasteiger partial charge in [-0.15, -0.1) is 11.3 Å². The first-order chi connectivity index (χ1) is 13.7. The normalized spacial score (nSPS) is 15.4. The number of rotatable bonds is 7. The second-order valence-corrected chi connectivity index (χ2v) is 7.56. The highest BCUT2D eigenvalue weighted by molar-refractivity contribution is 7.17. The molecule has 1 aromatic heterocycles. The average Bonchev–Trinajstić information content (AvgIpc) is 3.21. The van der Waals surface area contributed by atoms with E-state index in [1.54, 1.807) is 25.6 Å². The Morgan fingerprint density at radius 1 is 1.14 bits per heavy atom. The van der Waals surface area contributed by atoms with Gasteiger partial charge in [-0.2, -0.15) is 5.26 Å². The highest BCUT2D eigenvalue weighted by atomic mass is 32.1. The molecule has 1 aliphatic heterocycles. The predicted octanol–water partition coefficient (Wildman–Crippen LogP) is 2.94. The highest BCUT2D eigenvalue weighted by Gasteiger charge is 2.18. The number of ether oxygens (including phenoxy) is 2. The minimum Gasteiger partial charge on any atom is -0.493 e. The van der Waals surface area contributed by atoms with Gasteiger partial charge in [-0.05, 0) is 42.0 Å². The number of allylic oxidation sites excluding steroid dienone is 1. The molecule has 2 heterocycles. The number of methoxy groups -OCH3 is 2. The second kappa shape index (κ2) is 9.60. The molecule has 0 atom stereocenters. The van der Waals surface area contributed by atoms with Crippen LogP contribution in [0.2, 0.25) is 0 Å². The number of aliphatic hydroxyl groups excluding tert-OH is 1. The van der Waals surface area contributed by atoms with Gasteiger partial charge in [0.25, 0.3) is 0 Å². The molecule has 1 aromatic carbocycles. The standard InChI is InChI=1S/C21H25N3O3S/c1-26-19-5-3-16(14-20(19)27-2)17(15-22)13-18-4-6-21(28-18)24-9-7-23(8-10-24)11-12-25/h3-6,13-14,25H,7-12H2,1-2H3. The molecule has 1 aliphatic rings. The molecule has 0 amide bonds. The molecule has 7 heteroatoms. The number of aliphatic hydroxyl groups is 1. The zero-order valence-corrected chi connectivity index (χ0v) is 17.0. The van der Waals surface area contributed by atoms with Crippen LogP contribution in [0.4, 0.5) is 5.00 Å². The maximum atomic E-state index is 9.64. The molecule has 1 fully saturated rings. The molecular weight excluding hydrogens is 374 g/mol. The van der Waals surface area contributed by atoms with E-state index in [0.717, 1.165) is 43.2 Å². The van der Waals surface area contributed by atoms with Crippen LogP contribution in [0.3, 0.4) is 0 Å². The second-order valence-electron chi connectivity index (χ2n) is 6.47. The van der Waals surface area contributed by atoms with Crippen LogP contribution in [0.15, 0.2) is 30.3 Å². The topological polar surface area (TPSA) is 69.0 Å². The van der Waals surface area contributed by atoms with Crippen LogP contribution in [0.1, 0.15) is 10.4 Å². The number of anilines is 1. The lowest BCUT2D eigenvalue weighted by molar-refractivity contribution is 0.189. The molecule has 0 radical (unpaired) electrons. The summed E-state index contributed by atoms with van der Waals surface area (Å²) in [5.41, 5.74) is 1.38. The molecule has 0 spiro atoms. The molecule has 28 heavy (non-hydrogen) atoms. The van der Waals surface area contributed by atoms with Gasteiger partial charge in [-0.1, -0.05) is 0 Å². The van der Waals surface area contributed by atoms with Crippen molar-refractivity contribution in [1.82, 2.24) is 4.90 Å². The fourth-order valence-electron chi connectivity index (χ4n) is 3.25. The number of nitrogens with zero attached hydrogens (tertiary/aromatic N) is 3. The lowest BCUT2D eigenvalue weighted by atomic mass is 10.1. The Bertz CT molecular complexity index is 864. The quantitative estimate of drug-likeness (QED) is 0.722. The third kappa shape index (κ3) is 4.65. The molecule has 1 N–H and O–H groups in total. The lowest BCUT2D eigenvalue weighted by Crippen LogP contribution is -2.46. The van der Waals surface area contributed by atoms with Gasteiger partial charge in [0, 0.05) is 37.6 Å². The molecule has 6 nitrogen and oxygen atoms in total. The molecule has 0 unspecified atom stereocenters. The number of benzene rings is 1. The van der Waals surface area contributed by atoms with Gasteiger partial charge < -0.3 is 19.5 Å². The maximum absolute atomic E-state index is 9.64. The highest BCUT2D eigenvalue weighted by Crippen LogP contribution is 2.33. The van der Waals surface area contributed by atoms with Gasteiger partial charge in [0.1, 0.15) is 0 Å². The van der Waals surface area contributed by atoms with Crippen molar-refractivity contribution in [2.45, 2.75) is 0 Å². The Balaban J connectivity index is 1.75. The van der Waals surface area contributed by atoms with Gasteiger partial charge in [0.15, 0.2) is 11.5 Å². The van der Waals surface area contributed by atoms with Gasteiger partial charge >= 0.3 is 0 Å². The summed E-state index contributed by atoms with van der Waals surface area (Å²) in [6.45, 7) is 4.76. The molecule has 2 aromatic rings. The summed E-state index contributed by atoms with van der Waals surface area (Å²) in [4.78, 5) is 5.67. The van der Waals surface area contributed by atoms with Gasteiger partial charge in [0.2, 0.25) is 0 Å². The zero-order valence-electron chi connectivity index (χ0n) is 16.2. The summed E-state index contributed by atoms with van der Waals surface area (Å²) in [6.07, 6.45) is 1.91. The Morgan fingerprint density at radius 3 is 2.54 bits per heavy atom. The molecule has 0 aliphatic carbocycles. The van der Waals surface area contributed by atoms with Gasteiger partial charge in [-0.25, -0.2) is 0 Å². The summed E-state index contributed by atoms with van der Waals surface area (Å²) in [6, 6.07) is 12.0. The van der Waals surface area contributed by atoms with Gasteiger partial charge in [-0.3, -0.25) is 4.90 Å². The summed E-state index contributed by atoms with van der Waals surface area (Å²) < 4.78 is 10.6. The van der Waals surface area contributed by atoms with Gasteiger partial charge in [0.05, 0.1) is 37.5 Å². The Hall–Kier alpha value is -2.53. The summed E-state index contributed by atoms with van der Waals surface area (Å²) >= 11 is 1.68. The van der Waals surface area contributed by atoms with Crippen LogP contribution in [0.25, 0.3) is 11.6 Å². The van der Waals surface area contributed by atoms with E-state index in [9.17, 15) is 5.26 Å². The van der Waals surface area contributed by atoms with Crippen LogP contribution in [-0.4, -0.2) is 63.6 Å². The molecule has 148 valence electrons. The van der Waals surface area contributed by atoms with Crippen LogP contribution in [0.5, 0.6) is 11.5 Å². The first-order valence-corrected chi connectivity index (χ1v) is 10.0. The van der Waals surface area contributed by atoms with Crippen LogP contribution < -0.4 is 14.4 Å². The van der Waals surface area contributed by atoms with E-state index in [1.165, 1.54) is 5.00 Å². The lowest BCUT2D eigenvalue weighted by Gasteiger charge is -2.34. The van der Waals surface area contributed by atoms with Crippen LogP contribution in [0, 0.1) is 11.3 Å². The third-order valence-corrected chi connectivity index (χ3v) is 5.91. The first-order valence-electron chi connectivity index (χ1n) is 9.20. The summed E-state index contributed by atoms with van der Waals surface area (Å²) in [5, 5.41) is 19.9. The van der Waals surface area contributed by atoms with Crippen molar-refractivity contribution < 1.29 is 14.6 Å². The Kier molecular flexibility index (Phi) is 6.93. The monoisotopic (exact) mass is 399 g/mol. The van der Waals surface area contributed by atoms with E-state index in [4.69, 9.17) is 14.6 Å². The first kappa shape index (κ1) is 20.2. The number of hydrogen-bond acceptors (Lipinski definition) is 7. The van der Waals surface area contributed by atoms with E-state index in [2.05, 4.69) is 28.0 Å². The smallest absolute Gasteiger partial charge is 0.161 e. The summed E-state index contributed by atoms with van der Waals surface area (Å²) in [5.74, 6) is 1.25. The predicted molar refractivity (Wildman–Crippen MR) is 113 cm³/mol. The molecule has 0 saturated carbocycles. The SMILES string of the molecule is COc1ccc(C(C#N)=Cc2ccc(N3CCN(CCO)CC3)s2)cc1OC. The van der Waals surface area contributed by atoms with Crippen molar-refractivity contribution in [1.29, 1.82) is 5.26 Å². The fraction of sp³-hybridized carbons (Fsp3) is 0.381.